The highest BCUT2D eigenvalue weighted by Gasteiger charge is 2.21. The first kappa shape index (κ1) is 21.0. The molecule has 3 aromatic carbocycles. The molecule has 0 radical (unpaired) electrons. The van der Waals surface area contributed by atoms with Gasteiger partial charge in [-0.05, 0) is 49.2 Å². The number of pyridine rings is 1. The molecule has 0 aliphatic heterocycles. The van der Waals surface area contributed by atoms with Crippen molar-refractivity contribution in [2.24, 2.45) is 0 Å². The van der Waals surface area contributed by atoms with E-state index in [1.165, 1.54) is 12.1 Å². The van der Waals surface area contributed by atoms with Gasteiger partial charge in [-0.1, -0.05) is 65.7 Å². The van der Waals surface area contributed by atoms with E-state index in [2.05, 4.69) is 17.1 Å². The molecule has 4 rings (SSSR count). The van der Waals surface area contributed by atoms with Crippen LogP contribution in [0.4, 0.5) is 4.39 Å². The first-order chi connectivity index (χ1) is 14.9. The fourth-order valence-corrected chi connectivity index (χ4v) is 4.00. The summed E-state index contributed by atoms with van der Waals surface area (Å²) >= 11 is 6.52. The van der Waals surface area contributed by atoms with Gasteiger partial charge in [0.25, 0.3) is 5.91 Å². The van der Waals surface area contributed by atoms with E-state index < -0.39 is 11.7 Å². The summed E-state index contributed by atoms with van der Waals surface area (Å²) < 4.78 is 14.4. The number of aromatic nitrogens is 1. The van der Waals surface area contributed by atoms with Gasteiger partial charge in [-0.25, -0.2) is 9.37 Å². The molecule has 31 heavy (non-hydrogen) atoms. The maximum Gasteiger partial charge on any atom is 0.257 e. The minimum Gasteiger partial charge on any atom is -0.330 e. The van der Waals surface area contributed by atoms with Crippen LogP contribution in [0.15, 0.2) is 72.8 Å². The van der Waals surface area contributed by atoms with Crippen molar-refractivity contribution in [3.05, 3.63) is 112 Å². The van der Waals surface area contributed by atoms with E-state index in [9.17, 15) is 9.18 Å². The second-order valence-corrected chi connectivity index (χ2v) is 8.08. The van der Waals surface area contributed by atoms with Crippen molar-refractivity contribution >= 4 is 28.4 Å². The average molecular weight is 433 g/mol. The van der Waals surface area contributed by atoms with Crippen molar-refractivity contribution in [1.82, 2.24) is 9.88 Å². The van der Waals surface area contributed by atoms with Crippen LogP contribution in [0.5, 0.6) is 0 Å². The standard InChI is InChI=1S/C26H22ClFN2O/c1-17-12-18(2)24-20(13-17)14-21(25(27)29-24)16-30(15-19-8-4-3-5-9-19)26(31)22-10-6-7-11-23(22)28/h3-14H,15-16H2,1-2H3. The zero-order valence-corrected chi connectivity index (χ0v) is 18.2. The Morgan fingerprint density at radius 3 is 2.42 bits per heavy atom. The van der Waals surface area contributed by atoms with Crippen LogP contribution >= 0.6 is 11.6 Å². The van der Waals surface area contributed by atoms with E-state index in [1.54, 1.807) is 17.0 Å². The van der Waals surface area contributed by atoms with Crippen LogP contribution in [0.25, 0.3) is 10.9 Å². The van der Waals surface area contributed by atoms with Crippen LogP contribution in [0.3, 0.4) is 0 Å². The molecule has 156 valence electrons. The lowest BCUT2D eigenvalue weighted by Crippen LogP contribution is -2.31. The Kier molecular flexibility index (Phi) is 6.01. The lowest BCUT2D eigenvalue weighted by Gasteiger charge is -2.24. The number of halogens is 2. The molecule has 1 aromatic heterocycles. The van der Waals surface area contributed by atoms with Gasteiger partial charge in [-0.2, -0.15) is 0 Å². The molecule has 0 spiro atoms. The second-order valence-electron chi connectivity index (χ2n) is 7.72. The number of carbonyl (C=O) groups excluding carboxylic acids is 1. The fourth-order valence-electron chi connectivity index (χ4n) is 3.80. The number of rotatable bonds is 5. The van der Waals surface area contributed by atoms with Crippen LogP contribution in [0.1, 0.15) is 32.6 Å². The molecule has 0 saturated carbocycles. The summed E-state index contributed by atoms with van der Waals surface area (Å²) in [5, 5.41) is 1.31. The molecule has 0 fully saturated rings. The van der Waals surface area contributed by atoms with E-state index in [-0.39, 0.29) is 12.1 Å². The number of fused-ring (bicyclic) bond motifs is 1. The highest BCUT2D eigenvalue weighted by molar-refractivity contribution is 6.30. The third-order valence-corrected chi connectivity index (χ3v) is 5.58. The van der Waals surface area contributed by atoms with E-state index in [0.29, 0.717) is 11.7 Å². The fraction of sp³-hybridized carbons (Fsp3) is 0.154. The summed E-state index contributed by atoms with van der Waals surface area (Å²) in [5.41, 5.74) is 4.73. The predicted molar refractivity (Wildman–Crippen MR) is 123 cm³/mol. The van der Waals surface area contributed by atoms with Crippen LogP contribution in [0.2, 0.25) is 5.15 Å². The third-order valence-electron chi connectivity index (χ3n) is 5.25. The van der Waals surface area contributed by atoms with Gasteiger partial charge in [0.1, 0.15) is 11.0 Å². The number of benzene rings is 3. The number of carbonyl (C=O) groups is 1. The van der Waals surface area contributed by atoms with Crippen LogP contribution in [0, 0.1) is 19.7 Å². The molecule has 4 aromatic rings. The molecule has 0 bridgehead atoms. The topological polar surface area (TPSA) is 33.2 Å². The second kappa shape index (κ2) is 8.86. The van der Waals surface area contributed by atoms with E-state index >= 15 is 0 Å². The quantitative estimate of drug-likeness (QED) is 0.338. The molecule has 5 heteroatoms. The van der Waals surface area contributed by atoms with Gasteiger partial charge in [0.2, 0.25) is 0 Å². The van der Waals surface area contributed by atoms with Gasteiger partial charge >= 0.3 is 0 Å². The van der Waals surface area contributed by atoms with Gasteiger partial charge in [-0.15, -0.1) is 0 Å². The van der Waals surface area contributed by atoms with Crippen molar-refractivity contribution in [3.63, 3.8) is 0 Å². The largest absolute Gasteiger partial charge is 0.330 e. The minimum absolute atomic E-state index is 0.0370. The van der Waals surface area contributed by atoms with Gasteiger partial charge in [0.05, 0.1) is 11.1 Å². The normalized spacial score (nSPS) is 11.0. The van der Waals surface area contributed by atoms with Crippen molar-refractivity contribution < 1.29 is 9.18 Å². The highest BCUT2D eigenvalue weighted by Crippen LogP contribution is 2.26. The Morgan fingerprint density at radius 1 is 0.968 bits per heavy atom. The number of hydrogen-bond donors (Lipinski definition) is 0. The SMILES string of the molecule is Cc1cc(C)c2nc(Cl)c(CN(Cc3ccccc3)C(=O)c3ccccc3F)cc2c1. The van der Waals surface area contributed by atoms with Gasteiger partial charge in [0.15, 0.2) is 0 Å². The molecular weight excluding hydrogens is 411 g/mol. The van der Waals surface area contributed by atoms with Gasteiger partial charge in [0, 0.05) is 24.0 Å². The Morgan fingerprint density at radius 2 is 1.68 bits per heavy atom. The van der Waals surface area contributed by atoms with Crippen LogP contribution in [-0.2, 0) is 13.1 Å². The molecule has 1 heterocycles. The van der Waals surface area contributed by atoms with Crippen molar-refractivity contribution in [2.45, 2.75) is 26.9 Å². The molecule has 3 nitrogen and oxygen atoms in total. The molecule has 0 N–H and O–H groups in total. The average Bonchev–Trinajstić information content (AvgIpc) is 2.75. The number of nitrogens with zero attached hydrogens (tertiary/aromatic N) is 2. The smallest absolute Gasteiger partial charge is 0.257 e. The summed E-state index contributed by atoms with van der Waals surface area (Å²) in [6.07, 6.45) is 0. The van der Waals surface area contributed by atoms with E-state index in [1.807, 2.05) is 50.2 Å². The minimum atomic E-state index is -0.542. The summed E-state index contributed by atoms with van der Waals surface area (Å²) in [6.45, 7) is 4.58. The van der Waals surface area contributed by atoms with Crippen molar-refractivity contribution in [2.75, 3.05) is 0 Å². The maximum absolute atomic E-state index is 14.4. The Bertz CT molecular complexity index is 1260. The first-order valence-electron chi connectivity index (χ1n) is 10.1. The maximum atomic E-state index is 14.4. The number of amides is 1. The van der Waals surface area contributed by atoms with Crippen LogP contribution in [-0.4, -0.2) is 15.8 Å². The Balaban J connectivity index is 1.74. The van der Waals surface area contributed by atoms with Crippen molar-refractivity contribution in [3.8, 4) is 0 Å². The lowest BCUT2D eigenvalue weighted by atomic mass is 10.0. The zero-order valence-electron chi connectivity index (χ0n) is 17.4. The van der Waals surface area contributed by atoms with Crippen LogP contribution < -0.4 is 0 Å². The first-order valence-corrected chi connectivity index (χ1v) is 10.4. The molecule has 0 saturated heterocycles. The predicted octanol–water partition coefficient (Wildman–Crippen LogP) is 6.49. The molecule has 0 aliphatic carbocycles. The molecule has 1 amide bonds. The van der Waals surface area contributed by atoms with E-state index in [4.69, 9.17) is 11.6 Å². The van der Waals surface area contributed by atoms with Gasteiger partial charge < -0.3 is 4.90 Å². The van der Waals surface area contributed by atoms with E-state index in [0.717, 1.165) is 33.2 Å². The molecule has 0 atom stereocenters. The van der Waals surface area contributed by atoms with Crippen molar-refractivity contribution in [1.29, 1.82) is 0 Å². The summed E-state index contributed by atoms with van der Waals surface area (Å²) in [5.74, 6) is -0.932. The van der Waals surface area contributed by atoms with Gasteiger partial charge in [-0.3, -0.25) is 4.79 Å². The molecule has 0 aliphatic rings. The number of aryl methyl sites for hydroxylation is 2. The third kappa shape index (κ3) is 4.59. The zero-order chi connectivity index (χ0) is 22.0. The molecule has 0 unspecified atom stereocenters. The number of hydrogen-bond acceptors (Lipinski definition) is 2. The summed E-state index contributed by atoms with van der Waals surface area (Å²) in [6, 6.07) is 21.7. The lowest BCUT2D eigenvalue weighted by molar-refractivity contribution is 0.0725. The molecular formula is C26H22ClFN2O. The summed E-state index contributed by atoms with van der Waals surface area (Å²) in [4.78, 5) is 19.5. The Hall–Kier alpha value is -3.24. The summed E-state index contributed by atoms with van der Waals surface area (Å²) in [7, 11) is 0. The monoisotopic (exact) mass is 432 g/mol. The highest BCUT2D eigenvalue weighted by atomic mass is 35.5. The Labute approximate surface area is 186 Å².